The van der Waals surface area contributed by atoms with Gasteiger partial charge in [0.25, 0.3) is 11.8 Å². The van der Waals surface area contributed by atoms with Crippen molar-refractivity contribution in [2.24, 2.45) is 0 Å². The van der Waals surface area contributed by atoms with Crippen molar-refractivity contribution in [3.63, 3.8) is 0 Å². The molecule has 0 aliphatic heterocycles. The van der Waals surface area contributed by atoms with Crippen LogP contribution in [0.1, 0.15) is 26.3 Å². The molecule has 0 fully saturated rings. The molecular formula is C21H17BrN2O3. The molecule has 2 amide bonds. The summed E-state index contributed by atoms with van der Waals surface area (Å²) in [6.45, 7) is 0.342. The first kappa shape index (κ1) is 18.7. The van der Waals surface area contributed by atoms with Gasteiger partial charge in [0.15, 0.2) is 0 Å². The van der Waals surface area contributed by atoms with Crippen LogP contribution in [0.15, 0.2) is 83.3 Å². The third-order valence-corrected chi connectivity index (χ3v) is 4.47. The van der Waals surface area contributed by atoms with E-state index in [1.165, 1.54) is 0 Å². The normalized spacial score (nSPS) is 10.1. The number of hydrogen-bond acceptors (Lipinski definition) is 3. The Hall–Kier alpha value is -3.12. The monoisotopic (exact) mass is 424 g/mol. The van der Waals surface area contributed by atoms with Gasteiger partial charge in [0.1, 0.15) is 12.4 Å². The number of halogens is 1. The van der Waals surface area contributed by atoms with Crippen LogP contribution in [0.5, 0.6) is 5.75 Å². The first-order valence-corrected chi connectivity index (χ1v) is 9.05. The number of hydrazine groups is 1. The number of carbonyl (C=O) groups is 2. The van der Waals surface area contributed by atoms with Gasteiger partial charge < -0.3 is 4.74 Å². The molecule has 0 saturated carbocycles. The highest BCUT2D eigenvalue weighted by Crippen LogP contribution is 2.19. The van der Waals surface area contributed by atoms with E-state index < -0.39 is 11.8 Å². The molecule has 0 radical (unpaired) electrons. The lowest BCUT2D eigenvalue weighted by atomic mass is 10.2. The van der Waals surface area contributed by atoms with Gasteiger partial charge in [0, 0.05) is 4.47 Å². The summed E-state index contributed by atoms with van der Waals surface area (Å²) in [5, 5.41) is 0. The second-order valence-corrected chi connectivity index (χ2v) is 6.51. The zero-order chi connectivity index (χ0) is 19.1. The van der Waals surface area contributed by atoms with E-state index in [1.807, 2.05) is 30.3 Å². The van der Waals surface area contributed by atoms with Crippen LogP contribution in [0.25, 0.3) is 0 Å². The first-order valence-electron chi connectivity index (χ1n) is 8.26. The van der Waals surface area contributed by atoms with E-state index in [4.69, 9.17) is 4.74 Å². The summed E-state index contributed by atoms with van der Waals surface area (Å²) in [6, 6.07) is 23.5. The lowest BCUT2D eigenvalue weighted by molar-refractivity contribution is 0.0843. The number of carbonyl (C=O) groups excluding carboxylic acids is 2. The SMILES string of the molecule is O=C(NNC(=O)c1ccccc1OCc1ccccc1)c1ccccc1Br. The zero-order valence-electron chi connectivity index (χ0n) is 14.3. The van der Waals surface area contributed by atoms with Crippen molar-refractivity contribution in [2.45, 2.75) is 6.61 Å². The van der Waals surface area contributed by atoms with Gasteiger partial charge in [-0.1, -0.05) is 54.6 Å². The van der Waals surface area contributed by atoms with Crippen molar-refractivity contribution in [3.05, 3.63) is 100 Å². The molecule has 0 aromatic heterocycles. The van der Waals surface area contributed by atoms with Gasteiger partial charge in [-0.2, -0.15) is 0 Å². The molecule has 0 aliphatic carbocycles. The second kappa shape index (κ2) is 9.00. The molecule has 3 rings (SSSR count). The highest BCUT2D eigenvalue weighted by atomic mass is 79.9. The highest BCUT2D eigenvalue weighted by Gasteiger charge is 2.14. The summed E-state index contributed by atoms with van der Waals surface area (Å²) in [7, 11) is 0. The molecule has 3 aromatic rings. The number of rotatable bonds is 5. The molecule has 0 unspecified atom stereocenters. The largest absolute Gasteiger partial charge is 0.488 e. The van der Waals surface area contributed by atoms with E-state index in [0.29, 0.717) is 28.0 Å². The molecule has 3 aromatic carbocycles. The molecule has 0 bridgehead atoms. The smallest absolute Gasteiger partial charge is 0.273 e. The van der Waals surface area contributed by atoms with Gasteiger partial charge in [-0.25, -0.2) is 0 Å². The van der Waals surface area contributed by atoms with E-state index in [9.17, 15) is 9.59 Å². The number of benzene rings is 3. The lowest BCUT2D eigenvalue weighted by Crippen LogP contribution is -2.41. The maximum atomic E-state index is 12.5. The minimum Gasteiger partial charge on any atom is -0.488 e. The molecule has 0 saturated heterocycles. The minimum absolute atomic E-state index is 0.334. The predicted molar refractivity (Wildman–Crippen MR) is 106 cm³/mol. The van der Waals surface area contributed by atoms with Crippen LogP contribution in [0.3, 0.4) is 0 Å². The van der Waals surface area contributed by atoms with Crippen molar-refractivity contribution in [3.8, 4) is 5.75 Å². The Bertz CT molecular complexity index is 945. The number of hydrogen-bond donors (Lipinski definition) is 2. The zero-order valence-corrected chi connectivity index (χ0v) is 15.9. The van der Waals surface area contributed by atoms with Crippen molar-refractivity contribution in [1.29, 1.82) is 0 Å². The Labute approximate surface area is 165 Å². The van der Waals surface area contributed by atoms with Gasteiger partial charge >= 0.3 is 0 Å². The van der Waals surface area contributed by atoms with E-state index in [0.717, 1.165) is 5.56 Å². The van der Waals surface area contributed by atoms with Crippen molar-refractivity contribution in [1.82, 2.24) is 10.9 Å². The average Bonchev–Trinajstić information content (AvgIpc) is 2.71. The van der Waals surface area contributed by atoms with Gasteiger partial charge in [-0.3, -0.25) is 20.4 Å². The Morgan fingerprint density at radius 3 is 2.00 bits per heavy atom. The summed E-state index contributed by atoms with van der Waals surface area (Å²) in [5.74, 6) is -0.438. The van der Waals surface area contributed by atoms with E-state index in [1.54, 1.807) is 48.5 Å². The van der Waals surface area contributed by atoms with Crippen LogP contribution in [-0.4, -0.2) is 11.8 Å². The third kappa shape index (κ3) is 4.95. The predicted octanol–water partition coefficient (Wildman–Crippen LogP) is 4.10. The maximum Gasteiger partial charge on any atom is 0.273 e. The first-order chi connectivity index (χ1) is 13.1. The van der Waals surface area contributed by atoms with E-state index in [2.05, 4.69) is 26.8 Å². The summed E-state index contributed by atoms with van der Waals surface area (Å²) in [4.78, 5) is 24.7. The molecule has 0 heterocycles. The molecule has 27 heavy (non-hydrogen) atoms. The number of amides is 2. The van der Waals surface area contributed by atoms with Crippen LogP contribution in [0, 0.1) is 0 Å². The average molecular weight is 425 g/mol. The fourth-order valence-corrected chi connectivity index (χ4v) is 2.87. The third-order valence-electron chi connectivity index (χ3n) is 3.78. The molecule has 6 heteroatoms. The lowest BCUT2D eigenvalue weighted by Gasteiger charge is -2.12. The molecule has 0 spiro atoms. The van der Waals surface area contributed by atoms with Crippen molar-refractivity contribution >= 4 is 27.7 Å². The number of ether oxygens (including phenoxy) is 1. The molecule has 5 nitrogen and oxygen atoms in total. The summed E-state index contributed by atoms with van der Waals surface area (Å²) < 4.78 is 6.42. The molecule has 2 N–H and O–H groups in total. The van der Waals surface area contributed by atoms with E-state index in [-0.39, 0.29) is 0 Å². The quantitative estimate of drug-likeness (QED) is 0.605. The summed E-state index contributed by atoms with van der Waals surface area (Å²) >= 11 is 3.31. The van der Waals surface area contributed by atoms with Gasteiger partial charge in [-0.05, 0) is 45.8 Å². The van der Waals surface area contributed by atoms with Crippen molar-refractivity contribution < 1.29 is 14.3 Å². The molecular weight excluding hydrogens is 408 g/mol. The molecule has 0 atom stereocenters. The Balaban J connectivity index is 1.65. The Kier molecular flexibility index (Phi) is 6.22. The van der Waals surface area contributed by atoms with Gasteiger partial charge in [0.05, 0.1) is 11.1 Å². The second-order valence-electron chi connectivity index (χ2n) is 5.66. The fourth-order valence-electron chi connectivity index (χ4n) is 2.41. The van der Waals surface area contributed by atoms with Crippen LogP contribution in [0.4, 0.5) is 0 Å². The summed E-state index contributed by atoms with van der Waals surface area (Å²) in [6.07, 6.45) is 0. The maximum absolute atomic E-state index is 12.5. The number of para-hydroxylation sites is 1. The van der Waals surface area contributed by atoms with Crippen LogP contribution in [-0.2, 0) is 6.61 Å². The Morgan fingerprint density at radius 1 is 0.741 bits per heavy atom. The number of nitrogens with one attached hydrogen (secondary N) is 2. The standard InChI is InChI=1S/C21H17BrN2O3/c22-18-12-6-4-10-16(18)20(25)23-24-21(26)17-11-5-7-13-19(17)27-14-15-8-2-1-3-9-15/h1-13H,14H2,(H,23,25)(H,24,26). The van der Waals surface area contributed by atoms with E-state index >= 15 is 0 Å². The molecule has 136 valence electrons. The van der Waals surface area contributed by atoms with Crippen LogP contribution < -0.4 is 15.6 Å². The van der Waals surface area contributed by atoms with Gasteiger partial charge in [-0.15, -0.1) is 0 Å². The van der Waals surface area contributed by atoms with Crippen LogP contribution >= 0.6 is 15.9 Å². The van der Waals surface area contributed by atoms with Gasteiger partial charge in [0.2, 0.25) is 0 Å². The fraction of sp³-hybridized carbons (Fsp3) is 0.0476. The topological polar surface area (TPSA) is 67.4 Å². The Morgan fingerprint density at radius 2 is 1.30 bits per heavy atom. The van der Waals surface area contributed by atoms with Crippen molar-refractivity contribution in [2.75, 3.05) is 0 Å². The summed E-state index contributed by atoms with van der Waals surface area (Å²) in [5.41, 5.74) is 6.59. The van der Waals surface area contributed by atoms with Crippen LogP contribution in [0.2, 0.25) is 0 Å². The minimum atomic E-state index is -0.459. The molecule has 0 aliphatic rings. The highest BCUT2D eigenvalue weighted by molar-refractivity contribution is 9.10.